The molecule has 2 N–H and O–H groups in total. The van der Waals surface area contributed by atoms with E-state index in [1.165, 1.54) is 4.90 Å². The van der Waals surface area contributed by atoms with Crippen LogP contribution in [0.25, 0.3) is 0 Å². The monoisotopic (exact) mass is 251 g/mol. The van der Waals surface area contributed by atoms with Crippen LogP contribution in [0.5, 0.6) is 0 Å². The summed E-state index contributed by atoms with van der Waals surface area (Å²) >= 11 is 1.80. The van der Waals surface area contributed by atoms with E-state index < -0.39 is 5.54 Å². The number of rotatable bonds is 3. The van der Waals surface area contributed by atoms with Crippen molar-refractivity contribution in [1.82, 2.24) is 0 Å². The van der Waals surface area contributed by atoms with Crippen molar-refractivity contribution in [3.8, 4) is 0 Å². The second-order valence-corrected chi connectivity index (χ2v) is 5.37. The molecule has 1 aromatic carbocycles. The molecule has 4 heteroatoms. The zero-order valence-electron chi connectivity index (χ0n) is 9.94. The molecule has 0 saturated heterocycles. The second-order valence-electron chi connectivity index (χ2n) is 4.23. The highest BCUT2D eigenvalue weighted by atomic mass is 32.2. The van der Waals surface area contributed by atoms with Gasteiger partial charge in [0, 0.05) is 10.6 Å². The molecule has 3 nitrogen and oxygen atoms in total. The van der Waals surface area contributed by atoms with E-state index in [0.717, 1.165) is 17.7 Å². The van der Waals surface area contributed by atoms with Gasteiger partial charge in [0.15, 0.2) is 0 Å². The fraction of sp³-hybridized carbons (Fsp3) is 0.462. The van der Waals surface area contributed by atoms with Gasteiger partial charge < -0.3 is 10.5 Å². The van der Waals surface area contributed by atoms with Crippen LogP contribution >= 0.6 is 11.8 Å². The molecule has 1 unspecified atom stereocenters. The molecule has 2 rings (SSSR count). The Labute approximate surface area is 106 Å². The molecule has 0 aliphatic carbocycles. The van der Waals surface area contributed by atoms with Gasteiger partial charge in [-0.05, 0) is 25.0 Å². The molecule has 0 spiro atoms. The molecule has 0 saturated carbocycles. The highest BCUT2D eigenvalue weighted by Crippen LogP contribution is 2.40. The first-order chi connectivity index (χ1) is 8.15. The molecule has 1 heterocycles. The van der Waals surface area contributed by atoms with Gasteiger partial charge >= 0.3 is 5.97 Å². The Hall–Kier alpha value is -1.00. The van der Waals surface area contributed by atoms with E-state index in [2.05, 4.69) is 6.07 Å². The number of carbonyl (C=O) groups excluding carboxylic acids is 1. The zero-order chi connectivity index (χ0) is 12.3. The number of fused-ring (bicyclic) bond motifs is 1. The maximum absolute atomic E-state index is 11.6. The summed E-state index contributed by atoms with van der Waals surface area (Å²) in [5, 5.41) is 0. The number of nitrogens with two attached hydrogens (primary N) is 1. The van der Waals surface area contributed by atoms with Crippen molar-refractivity contribution in [2.24, 2.45) is 5.73 Å². The molecule has 1 aromatic rings. The maximum Gasteiger partial charge on any atom is 0.307 e. The average Bonchev–Trinajstić information content (AvgIpc) is 2.29. The van der Waals surface area contributed by atoms with Crippen molar-refractivity contribution in [2.75, 3.05) is 12.4 Å². The molecule has 1 aliphatic heterocycles. The summed E-state index contributed by atoms with van der Waals surface area (Å²) in [4.78, 5) is 12.8. The number of thioether (sulfide) groups is 1. The lowest BCUT2D eigenvalue weighted by atomic mass is 9.85. The smallest absolute Gasteiger partial charge is 0.307 e. The number of benzene rings is 1. The molecule has 0 fully saturated rings. The van der Waals surface area contributed by atoms with Crippen molar-refractivity contribution in [2.45, 2.75) is 30.2 Å². The quantitative estimate of drug-likeness (QED) is 0.837. The van der Waals surface area contributed by atoms with Crippen LogP contribution in [0.2, 0.25) is 0 Å². The Balaban J connectivity index is 2.23. The van der Waals surface area contributed by atoms with Crippen LogP contribution in [0.15, 0.2) is 29.2 Å². The number of esters is 1. The largest absolute Gasteiger partial charge is 0.466 e. The van der Waals surface area contributed by atoms with Gasteiger partial charge in [0.25, 0.3) is 0 Å². The van der Waals surface area contributed by atoms with Gasteiger partial charge in [-0.25, -0.2) is 0 Å². The van der Waals surface area contributed by atoms with Gasteiger partial charge in [-0.15, -0.1) is 11.8 Å². The summed E-state index contributed by atoms with van der Waals surface area (Å²) < 4.78 is 5.00. The Bertz CT molecular complexity index is 422. The van der Waals surface area contributed by atoms with Crippen molar-refractivity contribution >= 4 is 17.7 Å². The van der Waals surface area contributed by atoms with Crippen LogP contribution in [-0.2, 0) is 15.1 Å². The highest BCUT2D eigenvalue weighted by molar-refractivity contribution is 7.99. The van der Waals surface area contributed by atoms with Crippen LogP contribution in [-0.4, -0.2) is 18.3 Å². The van der Waals surface area contributed by atoms with Crippen molar-refractivity contribution in [3.05, 3.63) is 29.8 Å². The molecule has 0 radical (unpaired) electrons. The topological polar surface area (TPSA) is 52.3 Å². The summed E-state index contributed by atoms with van der Waals surface area (Å²) in [7, 11) is 0. The van der Waals surface area contributed by atoms with E-state index in [9.17, 15) is 4.79 Å². The Morgan fingerprint density at radius 2 is 2.29 bits per heavy atom. The van der Waals surface area contributed by atoms with E-state index >= 15 is 0 Å². The Morgan fingerprint density at radius 1 is 1.53 bits per heavy atom. The van der Waals surface area contributed by atoms with Crippen molar-refractivity contribution in [1.29, 1.82) is 0 Å². The Kier molecular flexibility index (Phi) is 3.74. The molecule has 0 bridgehead atoms. The first-order valence-corrected chi connectivity index (χ1v) is 6.81. The van der Waals surface area contributed by atoms with Crippen LogP contribution in [0, 0.1) is 0 Å². The lowest BCUT2D eigenvalue weighted by Gasteiger charge is -2.34. The SMILES string of the molecule is CCOC(=O)CC1(N)CCSc2ccccc21. The van der Waals surface area contributed by atoms with Crippen molar-refractivity contribution < 1.29 is 9.53 Å². The third-order valence-electron chi connectivity index (χ3n) is 2.99. The second kappa shape index (κ2) is 5.10. The van der Waals surface area contributed by atoms with E-state index in [1.54, 1.807) is 11.8 Å². The molecule has 0 aromatic heterocycles. The third kappa shape index (κ3) is 2.64. The standard InChI is InChI=1S/C13H17NO2S/c1-2-16-12(15)9-13(14)7-8-17-11-6-4-3-5-10(11)13/h3-6H,2,7-9,14H2,1H3. The fourth-order valence-corrected chi connectivity index (χ4v) is 3.42. The minimum absolute atomic E-state index is 0.211. The maximum atomic E-state index is 11.6. The van der Waals surface area contributed by atoms with E-state index in [1.807, 2.05) is 25.1 Å². The van der Waals surface area contributed by atoms with Crippen LogP contribution < -0.4 is 5.73 Å². The number of carbonyl (C=O) groups is 1. The average molecular weight is 251 g/mol. The first-order valence-electron chi connectivity index (χ1n) is 5.82. The van der Waals surface area contributed by atoms with Crippen LogP contribution in [0.3, 0.4) is 0 Å². The molecule has 0 amide bonds. The van der Waals surface area contributed by atoms with Gasteiger partial charge in [0.1, 0.15) is 0 Å². The van der Waals surface area contributed by atoms with Gasteiger partial charge in [-0.1, -0.05) is 18.2 Å². The summed E-state index contributed by atoms with van der Waals surface area (Å²) in [5.74, 6) is 0.740. The van der Waals surface area contributed by atoms with Crippen molar-refractivity contribution in [3.63, 3.8) is 0 Å². The normalized spacial score (nSPS) is 22.9. The molecule has 1 atom stereocenters. The van der Waals surface area contributed by atoms with Gasteiger partial charge in [-0.3, -0.25) is 4.79 Å². The zero-order valence-corrected chi connectivity index (χ0v) is 10.8. The van der Waals surface area contributed by atoms with E-state index in [-0.39, 0.29) is 12.4 Å². The van der Waals surface area contributed by atoms with E-state index in [4.69, 9.17) is 10.5 Å². The molecular weight excluding hydrogens is 234 g/mol. The van der Waals surface area contributed by atoms with E-state index in [0.29, 0.717) is 6.61 Å². The minimum Gasteiger partial charge on any atom is -0.466 e. The highest BCUT2D eigenvalue weighted by Gasteiger charge is 2.35. The van der Waals surface area contributed by atoms with Crippen LogP contribution in [0.1, 0.15) is 25.3 Å². The van der Waals surface area contributed by atoms with Gasteiger partial charge in [-0.2, -0.15) is 0 Å². The third-order valence-corrected chi connectivity index (χ3v) is 4.07. The minimum atomic E-state index is -0.561. The molecule has 17 heavy (non-hydrogen) atoms. The molecular formula is C13H17NO2S. The van der Waals surface area contributed by atoms with Crippen LogP contribution in [0.4, 0.5) is 0 Å². The van der Waals surface area contributed by atoms with Gasteiger partial charge in [0.2, 0.25) is 0 Å². The molecule has 92 valence electrons. The summed E-state index contributed by atoms with van der Waals surface area (Å²) in [5.41, 5.74) is 6.90. The lowest BCUT2D eigenvalue weighted by Crippen LogP contribution is -2.42. The predicted octanol–water partition coefficient (Wildman–Crippen LogP) is 2.29. The Morgan fingerprint density at radius 3 is 3.06 bits per heavy atom. The number of hydrogen-bond acceptors (Lipinski definition) is 4. The van der Waals surface area contributed by atoms with Gasteiger partial charge in [0.05, 0.1) is 18.6 Å². The summed E-state index contributed by atoms with van der Waals surface area (Å²) in [6.45, 7) is 2.22. The summed E-state index contributed by atoms with van der Waals surface area (Å²) in [6, 6.07) is 8.05. The first kappa shape index (κ1) is 12.5. The molecule has 1 aliphatic rings. The summed E-state index contributed by atoms with van der Waals surface area (Å²) in [6.07, 6.45) is 1.08. The number of hydrogen-bond donors (Lipinski definition) is 1. The number of ether oxygens (including phenoxy) is 1. The lowest BCUT2D eigenvalue weighted by molar-refractivity contribution is -0.144. The fourth-order valence-electron chi connectivity index (χ4n) is 2.13. The predicted molar refractivity (Wildman–Crippen MR) is 68.9 cm³/mol.